The third kappa shape index (κ3) is 7.08. The zero-order chi connectivity index (χ0) is 28.0. The number of pyridine rings is 1. The van der Waals surface area contributed by atoms with E-state index in [0.29, 0.717) is 25.4 Å². The molecule has 0 N–H and O–H groups in total. The van der Waals surface area contributed by atoms with Crippen molar-refractivity contribution in [1.82, 2.24) is 14.8 Å². The number of rotatable bonds is 11. The highest BCUT2D eigenvalue weighted by molar-refractivity contribution is 5.93. The first-order valence-corrected chi connectivity index (χ1v) is 15.1. The van der Waals surface area contributed by atoms with E-state index in [1.165, 1.54) is 24.0 Å². The predicted octanol–water partition coefficient (Wildman–Crippen LogP) is 5.44. The average Bonchev–Trinajstić information content (AvgIpc) is 3.85. The molecular formula is C34H41N3O4. The third-order valence-electron chi connectivity index (χ3n) is 8.55. The Labute approximate surface area is 243 Å². The van der Waals surface area contributed by atoms with Crippen LogP contribution in [0, 0.1) is 0 Å². The van der Waals surface area contributed by atoms with E-state index in [1.54, 1.807) is 13.3 Å². The van der Waals surface area contributed by atoms with Gasteiger partial charge >= 0.3 is 0 Å². The molecule has 3 fully saturated rings. The zero-order valence-electron chi connectivity index (χ0n) is 24.1. The molecule has 2 aromatic carbocycles. The van der Waals surface area contributed by atoms with Gasteiger partial charge in [0.25, 0.3) is 5.91 Å². The lowest BCUT2D eigenvalue weighted by molar-refractivity contribution is 0.0596. The number of amides is 1. The van der Waals surface area contributed by atoms with E-state index in [0.717, 1.165) is 80.7 Å². The summed E-state index contributed by atoms with van der Waals surface area (Å²) in [6, 6.07) is 18.9. The fraction of sp³-hybridized carbons (Fsp3) is 0.471. The highest BCUT2D eigenvalue weighted by Crippen LogP contribution is 2.40. The molecular weight excluding hydrogens is 514 g/mol. The van der Waals surface area contributed by atoms with Crippen molar-refractivity contribution in [2.75, 3.05) is 53.0 Å². The Balaban J connectivity index is 0.989. The Morgan fingerprint density at radius 3 is 2.56 bits per heavy atom. The van der Waals surface area contributed by atoms with Gasteiger partial charge in [-0.05, 0) is 91.1 Å². The molecule has 1 aliphatic carbocycles. The Hall–Kier alpha value is -3.42. The standard InChI is InChI=1S/C34H41N3O4/c1-39-33-21-29(11-12-32(33)41-24-26-5-7-27(8-6-26)28-9-10-28)30-22-37(23-30)34(38)31-20-25(13-14-35-31)4-2-15-36-16-3-18-40-19-17-36/h5-8,11-14,20-21,28,30H,2-4,9-10,15-19,22-24H2,1H3. The van der Waals surface area contributed by atoms with Crippen molar-refractivity contribution in [3.05, 3.63) is 88.7 Å². The van der Waals surface area contributed by atoms with E-state index in [-0.39, 0.29) is 11.8 Å². The van der Waals surface area contributed by atoms with Gasteiger partial charge in [-0.25, -0.2) is 0 Å². The van der Waals surface area contributed by atoms with E-state index in [4.69, 9.17) is 14.2 Å². The minimum Gasteiger partial charge on any atom is -0.493 e. The topological polar surface area (TPSA) is 64.1 Å². The van der Waals surface area contributed by atoms with Gasteiger partial charge in [-0.3, -0.25) is 9.78 Å². The molecule has 3 heterocycles. The van der Waals surface area contributed by atoms with Gasteiger partial charge in [-0.1, -0.05) is 30.3 Å². The van der Waals surface area contributed by atoms with Crippen LogP contribution >= 0.6 is 0 Å². The number of carbonyl (C=O) groups is 1. The second-order valence-electron chi connectivity index (χ2n) is 11.6. The Bertz CT molecular complexity index is 1310. The van der Waals surface area contributed by atoms with Crippen LogP contribution in [0.2, 0.25) is 0 Å². The molecule has 0 radical (unpaired) electrons. The van der Waals surface area contributed by atoms with Crippen LogP contribution in [0.1, 0.15) is 70.3 Å². The molecule has 0 unspecified atom stereocenters. The molecule has 2 aliphatic heterocycles. The second-order valence-corrected chi connectivity index (χ2v) is 11.6. The van der Waals surface area contributed by atoms with Crippen LogP contribution in [-0.4, -0.2) is 73.7 Å². The molecule has 6 rings (SSSR count). The van der Waals surface area contributed by atoms with Gasteiger partial charge in [0, 0.05) is 44.9 Å². The lowest BCUT2D eigenvalue weighted by atomic mass is 9.90. The summed E-state index contributed by atoms with van der Waals surface area (Å²) in [5.41, 5.74) is 5.45. The van der Waals surface area contributed by atoms with Crippen molar-refractivity contribution in [3.8, 4) is 11.5 Å². The molecule has 1 amide bonds. The van der Waals surface area contributed by atoms with E-state index in [9.17, 15) is 4.79 Å². The molecule has 1 aromatic heterocycles. The van der Waals surface area contributed by atoms with Crippen LogP contribution in [0.25, 0.3) is 0 Å². The number of methoxy groups -OCH3 is 1. The van der Waals surface area contributed by atoms with Crippen LogP contribution in [0.15, 0.2) is 60.8 Å². The zero-order valence-corrected chi connectivity index (χ0v) is 24.1. The third-order valence-corrected chi connectivity index (χ3v) is 8.55. The van der Waals surface area contributed by atoms with Gasteiger partial charge in [0.2, 0.25) is 0 Å². The fourth-order valence-electron chi connectivity index (χ4n) is 5.81. The fourth-order valence-corrected chi connectivity index (χ4v) is 5.81. The van der Waals surface area contributed by atoms with Crippen molar-refractivity contribution < 1.29 is 19.0 Å². The lowest BCUT2D eigenvalue weighted by Gasteiger charge is -2.39. The highest BCUT2D eigenvalue weighted by Gasteiger charge is 2.33. The first-order valence-electron chi connectivity index (χ1n) is 15.1. The van der Waals surface area contributed by atoms with Gasteiger partial charge in [-0.2, -0.15) is 0 Å². The Morgan fingerprint density at radius 2 is 1.76 bits per heavy atom. The van der Waals surface area contributed by atoms with Crippen molar-refractivity contribution in [1.29, 1.82) is 0 Å². The normalized spacial score (nSPS) is 18.0. The molecule has 1 saturated carbocycles. The molecule has 3 aromatic rings. The largest absolute Gasteiger partial charge is 0.493 e. The van der Waals surface area contributed by atoms with E-state index in [2.05, 4.69) is 40.2 Å². The van der Waals surface area contributed by atoms with E-state index in [1.807, 2.05) is 29.2 Å². The predicted molar refractivity (Wildman–Crippen MR) is 159 cm³/mol. The molecule has 7 heteroatoms. The quantitative estimate of drug-likeness (QED) is 0.314. The molecule has 3 aliphatic rings. The summed E-state index contributed by atoms with van der Waals surface area (Å²) >= 11 is 0. The van der Waals surface area contributed by atoms with Crippen molar-refractivity contribution in [2.24, 2.45) is 0 Å². The van der Waals surface area contributed by atoms with Crippen molar-refractivity contribution >= 4 is 5.91 Å². The van der Waals surface area contributed by atoms with Crippen molar-refractivity contribution in [3.63, 3.8) is 0 Å². The lowest BCUT2D eigenvalue weighted by Crippen LogP contribution is -2.48. The Morgan fingerprint density at radius 1 is 0.927 bits per heavy atom. The summed E-state index contributed by atoms with van der Waals surface area (Å²) in [6.07, 6.45) is 7.51. The SMILES string of the molecule is COc1cc(C2CN(C(=O)c3cc(CCCN4CCCOCC4)ccn3)C2)ccc1OCc1ccc(C2CC2)cc1. The first-order chi connectivity index (χ1) is 20.2. The van der Waals surface area contributed by atoms with Gasteiger partial charge in [0.1, 0.15) is 12.3 Å². The molecule has 0 bridgehead atoms. The highest BCUT2D eigenvalue weighted by atomic mass is 16.5. The average molecular weight is 556 g/mol. The summed E-state index contributed by atoms with van der Waals surface area (Å²) in [5.74, 6) is 2.51. The summed E-state index contributed by atoms with van der Waals surface area (Å²) in [4.78, 5) is 21.9. The molecule has 2 saturated heterocycles. The maximum absolute atomic E-state index is 13.2. The smallest absolute Gasteiger partial charge is 0.272 e. The number of hydrogen-bond acceptors (Lipinski definition) is 6. The maximum atomic E-state index is 13.2. The number of aryl methyl sites for hydroxylation is 1. The van der Waals surface area contributed by atoms with Crippen LogP contribution in [-0.2, 0) is 17.8 Å². The van der Waals surface area contributed by atoms with Crippen LogP contribution in [0.5, 0.6) is 11.5 Å². The number of aromatic nitrogens is 1. The number of likely N-dealkylation sites (tertiary alicyclic amines) is 1. The molecule has 41 heavy (non-hydrogen) atoms. The number of ether oxygens (including phenoxy) is 3. The van der Waals surface area contributed by atoms with Crippen LogP contribution in [0.3, 0.4) is 0 Å². The van der Waals surface area contributed by atoms with E-state index >= 15 is 0 Å². The maximum Gasteiger partial charge on any atom is 0.272 e. The minimum absolute atomic E-state index is 0.00684. The van der Waals surface area contributed by atoms with Gasteiger partial charge < -0.3 is 24.0 Å². The van der Waals surface area contributed by atoms with Crippen molar-refractivity contribution in [2.45, 2.75) is 50.5 Å². The minimum atomic E-state index is 0.00684. The summed E-state index contributed by atoms with van der Waals surface area (Å²) in [6.45, 7) is 6.72. The Kier molecular flexibility index (Phi) is 8.82. The summed E-state index contributed by atoms with van der Waals surface area (Å²) in [7, 11) is 1.67. The molecule has 216 valence electrons. The monoisotopic (exact) mass is 555 g/mol. The van der Waals surface area contributed by atoms with Gasteiger partial charge in [0.05, 0.1) is 13.7 Å². The number of benzene rings is 2. The first kappa shape index (κ1) is 27.7. The molecule has 7 nitrogen and oxygen atoms in total. The molecule has 0 spiro atoms. The van der Waals surface area contributed by atoms with Gasteiger partial charge in [-0.15, -0.1) is 0 Å². The second kappa shape index (κ2) is 13.0. The number of carbonyl (C=O) groups excluding carboxylic acids is 1. The van der Waals surface area contributed by atoms with Crippen LogP contribution < -0.4 is 9.47 Å². The summed E-state index contributed by atoms with van der Waals surface area (Å²) < 4.78 is 17.3. The van der Waals surface area contributed by atoms with Gasteiger partial charge in [0.15, 0.2) is 11.5 Å². The van der Waals surface area contributed by atoms with Crippen LogP contribution in [0.4, 0.5) is 0 Å². The number of hydrogen-bond donors (Lipinski definition) is 0. The van der Waals surface area contributed by atoms with E-state index < -0.39 is 0 Å². The summed E-state index contributed by atoms with van der Waals surface area (Å²) in [5, 5.41) is 0. The molecule has 0 atom stereocenters. The number of nitrogens with zero attached hydrogens (tertiary/aromatic N) is 3.